The van der Waals surface area contributed by atoms with E-state index in [0.29, 0.717) is 18.7 Å². The quantitative estimate of drug-likeness (QED) is 0.715. The summed E-state index contributed by atoms with van der Waals surface area (Å²) in [5, 5.41) is 0. The van der Waals surface area contributed by atoms with Gasteiger partial charge < -0.3 is 20.3 Å². The van der Waals surface area contributed by atoms with Crippen molar-refractivity contribution >= 4 is 23.6 Å². The summed E-state index contributed by atoms with van der Waals surface area (Å²) in [7, 11) is 0. The molecule has 2 aromatic carbocycles. The molecule has 158 valence electrons. The molecule has 30 heavy (non-hydrogen) atoms. The Morgan fingerprint density at radius 2 is 1.73 bits per heavy atom. The van der Waals surface area contributed by atoms with Crippen molar-refractivity contribution in [1.29, 1.82) is 0 Å². The second-order valence-corrected chi connectivity index (χ2v) is 7.43. The lowest BCUT2D eigenvalue weighted by Crippen LogP contribution is -2.48. The summed E-state index contributed by atoms with van der Waals surface area (Å²) in [6.07, 6.45) is 4.50. The number of primary amides is 1. The van der Waals surface area contributed by atoms with Gasteiger partial charge in [-0.25, -0.2) is 0 Å². The lowest BCUT2D eigenvalue weighted by molar-refractivity contribution is -0.126. The Kier molecular flexibility index (Phi) is 7.12. The standard InChI is InChI=1S/C24H29N3O3/c1-3-18(2)30-22-7-5-4-6-19(22)10-13-23(28)27-16-14-26(15-17-27)21-11-8-20(9-12-21)24(25)29/h4-13,18H,3,14-17H2,1-2H3,(H2,25,29)/b13-10+. The van der Waals surface area contributed by atoms with Crippen molar-refractivity contribution in [2.75, 3.05) is 31.1 Å². The van der Waals surface area contributed by atoms with Gasteiger partial charge in [0, 0.05) is 49.1 Å². The highest BCUT2D eigenvalue weighted by atomic mass is 16.5. The van der Waals surface area contributed by atoms with E-state index in [1.807, 2.05) is 54.3 Å². The number of carbonyl (C=O) groups excluding carboxylic acids is 2. The van der Waals surface area contributed by atoms with Gasteiger partial charge in [-0.15, -0.1) is 0 Å². The van der Waals surface area contributed by atoms with E-state index in [1.165, 1.54) is 0 Å². The number of carbonyl (C=O) groups is 2. The first-order valence-electron chi connectivity index (χ1n) is 10.4. The van der Waals surface area contributed by atoms with E-state index in [4.69, 9.17) is 10.5 Å². The normalized spacial score (nSPS) is 15.3. The molecule has 2 N–H and O–H groups in total. The maximum atomic E-state index is 12.7. The molecule has 0 bridgehead atoms. The highest BCUT2D eigenvalue weighted by Crippen LogP contribution is 2.22. The molecule has 2 amide bonds. The van der Waals surface area contributed by atoms with Crippen LogP contribution in [0.5, 0.6) is 5.75 Å². The van der Waals surface area contributed by atoms with Gasteiger partial charge in [-0.3, -0.25) is 9.59 Å². The van der Waals surface area contributed by atoms with Gasteiger partial charge in [0.05, 0.1) is 6.10 Å². The molecule has 1 saturated heterocycles. The summed E-state index contributed by atoms with van der Waals surface area (Å²) in [6.45, 7) is 6.88. The fraction of sp³-hybridized carbons (Fsp3) is 0.333. The van der Waals surface area contributed by atoms with Crippen LogP contribution in [0.3, 0.4) is 0 Å². The smallest absolute Gasteiger partial charge is 0.248 e. The second-order valence-electron chi connectivity index (χ2n) is 7.43. The molecule has 3 rings (SSSR count). The Morgan fingerprint density at radius 1 is 1.07 bits per heavy atom. The predicted octanol–water partition coefficient (Wildman–Crippen LogP) is 3.32. The maximum Gasteiger partial charge on any atom is 0.248 e. The van der Waals surface area contributed by atoms with Crippen LogP contribution in [0.15, 0.2) is 54.6 Å². The summed E-state index contributed by atoms with van der Waals surface area (Å²) in [6, 6.07) is 15.0. The van der Waals surface area contributed by atoms with Crippen LogP contribution in [0, 0.1) is 0 Å². The van der Waals surface area contributed by atoms with Crippen LogP contribution in [-0.2, 0) is 4.79 Å². The molecule has 0 spiro atoms. The average Bonchev–Trinajstić information content (AvgIpc) is 2.78. The third-order valence-electron chi connectivity index (χ3n) is 5.34. The van der Waals surface area contributed by atoms with Crippen molar-refractivity contribution in [2.24, 2.45) is 5.73 Å². The first-order chi connectivity index (χ1) is 14.5. The third kappa shape index (κ3) is 5.41. The number of amides is 2. The zero-order chi connectivity index (χ0) is 21.5. The minimum atomic E-state index is -0.431. The zero-order valence-electron chi connectivity index (χ0n) is 17.6. The summed E-state index contributed by atoms with van der Waals surface area (Å²) in [5.41, 5.74) is 7.72. The minimum Gasteiger partial charge on any atom is -0.490 e. The van der Waals surface area contributed by atoms with Crippen molar-refractivity contribution < 1.29 is 14.3 Å². The Labute approximate surface area is 177 Å². The topological polar surface area (TPSA) is 75.9 Å². The Bertz CT molecular complexity index is 900. The molecule has 0 aromatic heterocycles. The number of hydrogen-bond acceptors (Lipinski definition) is 4. The highest BCUT2D eigenvalue weighted by molar-refractivity contribution is 5.93. The van der Waals surface area contributed by atoms with Crippen LogP contribution < -0.4 is 15.4 Å². The van der Waals surface area contributed by atoms with Crippen LogP contribution >= 0.6 is 0 Å². The molecule has 1 aliphatic heterocycles. The summed E-state index contributed by atoms with van der Waals surface area (Å²) in [4.78, 5) is 27.9. The van der Waals surface area contributed by atoms with E-state index in [-0.39, 0.29) is 12.0 Å². The van der Waals surface area contributed by atoms with E-state index in [0.717, 1.165) is 36.5 Å². The molecular formula is C24H29N3O3. The molecule has 6 nitrogen and oxygen atoms in total. The van der Waals surface area contributed by atoms with Gasteiger partial charge in [0.15, 0.2) is 0 Å². The number of piperazine rings is 1. The fourth-order valence-electron chi connectivity index (χ4n) is 3.31. The third-order valence-corrected chi connectivity index (χ3v) is 5.34. The molecule has 0 saturated carbocycles. The van der Waals surface area contributed by atoms with Gasteiger partial charge in [0.1, 0.15) is 5.75 Å². The largest absolute Gasteiger partial charge is 0.490 e. The Morgan fingerprint density at radius 3 is 2.37 bits per heavy atom. The predicted molar refractivity (Wildman–Crippen MR) is 120 cm³/mol. The molecule has 1 fully saturated rings. The van der Waals surface area contributed by atoms with Gasteiger partial charge in [-0.2, -0.15) is 0 Å². The van der Waals surface area contributed by atoms with Crippen LogP contribution in [0.2, 0.25) is 0 Å². The van der Waals surface area contributed by atoms with Crippen LogP contribution in [-0.4, -0.2) is 49.0 Å². The summed E-state index contributed by atoms with van der Waals surface area (Å²) < 4.78 is 5.95. The maximum absolute atomic E-state index is 12.7. The van der Waals surface area contributed by atoms with Gasteiger partial charge >= 0.3 is 0 Å². The van der Waals surface area contributed by atoms with Gasteiger partial charge in [0.2, 0.25) is 11.8 Å². The molecule has 6 heteroatoms. The van der Waals surface area contributed by atoms with Gasteiger partial charge in [0.25, 0.3) is 0 Å². The molecule has 1 atom stereocenters. The highest BCUT2D eigenvalue weighted by Gasteiger charge is 2.20. The first-order valence-corrected chi connectivity index (χ1v) is 10.4. The molecular weight excluding hydrogens is 378 g/mol. The number of nitrogens with zero attached hydrogens (tertiary/aromatic N) is 2. The van der Waals surface area contributed by atoms with Crippen LogP contribution in [0.4, 0.5) is 5.69 Å². The summed E-state index contributed by atoms with van der Waals surface area (Å²) in [5.74, 6) is 0.358. The number of hydrogen-bond donors (Lipinski definition) is 1. The van der Waals surface area contributed by atoms with Crippen molar-refractivity contribution in [1.82, 2.24) is 4.90 Å². The van der Waals surface area contributed by atoms with E-state index in [9.17, 15) is 9.59 Å². The molecule has 0 radical (unpaired) electrons. The zero-order valence-corrected chi connectivity index (χ0v) is 17.6. The monoisotopic (exact) mass is 407 g/mol. The number of rotatable bonds is 7. The fourth-order valence-corrected chi connectivity index (χ4v) is 3.31. The van der Waals surface area contributed by atoms with E-state index < -0.39 is 5.91 Å². The number of nitrogens with two attached hydrogens (primary N) is 1. The Hall–Kier alpha value is -3.28. The van der Waals surface area contributed by atoms with E-state index in [2.05, 4.69) is 11.8 Å². The second kappa shape index (κ2) is 9.96. The van der Waals surface area contributed by atoms with Gasteiger partial charge in [-0.05, 0) is 49.8 Å². The van der Waals surface area contributed by atoms with Crippen molar-refractivity contribution in [3.63, 3.8) is 0 Å². The van der Waals surface area contributed by atoms with E-state index >= 15 is 0 Å². The SMILES string of the molecule is CCC(C)Oc1ccccc1/C=C/C(=O)N1CCN(c2ccc(C(N)=O)cc2)CC1. The summed E-state index contributed by atoms with van der Waals surface area (Å²) >= 11 is 0. The number of benzene rings is 2. The molecule has 1 unspecified atom stereocenters. The number of para-hydroxylation sites is 1. The number of ether oxygens (including phenoxy) is 1. The van der Waals surface area contributed by atoms with Crippen molar-refractivity contribution in [2.45, 2.75) is 26.4 Å². The Balaban J connectivity index is 1.57. The molecule has 1 aliphatic rings. The van der Waals surface area contributed by atoms with Crippen LogP contribution in [0.25, 0.3) is 6.08 Å². The average molecular weight is 408 g/mol. The minimum absolute atomic E-state index is 0.00271. The molecule has 2 aromatic rings. The molecule has 1 heterocycles. The van der Waals surface area contributed by atoms with Crippen molar-refractivity contribution in [3.05, 3.63) is 65.7 Å². The van der Waals surface area contributed by atoms with Crippen LogP contribution in [0.1, 0.15) is 36.2 Å². The van der Waals surface area contributed by atoms with E-state index in [1.54, 1.807) is 18.2 Å². The van der Waals surface area contributed by atoms with Crippen molar-refractivity contribution in [3.8, 4) is 5.75 Å². The lowest BCUT2D eigenvalue weighted by atomic mass is 10.1. The van der Waals surface area contributed by atoms with Gasteiger partial charge in [-0.1, -0.05) is 25.1 Å². The first kappa shape index (κ1) is 21.4. The molecule has 0 aliphatic carbocycles. The number of anilines is 1. The lowest BCUT2D eigenvalue weighted by Gasteiger charge is -2.35.